The van der Waals surface area contributed by atoms with E-state index in [-0.39, 0.29) is 35.3 Å². The number of halogens is 1. The predicted molar refractivity (Wildman–Crippen MR) is 141 cm³/mol. The van der Waals surface area contributed by atoms with Crippen LogP contribution in [0.5, 0.6) is 11.5 Å². The number of hydrogen-bond donors (Lipinski definition) is 3. The Kier molecular flexibility index (Phi) is 11.8. The minimum atomic E-state index is -0.774. The lowest BCUT2D eigenvalue weighted by atomic mass is 10.0. The van der Waals surface area contributed by atoms with Gasteiger partial charge in [-0.15, -0.1) is 0 Å². The Labute approximate surface area is 218 Å². The molecule has 0 atom stereocenters. The lowest BCUT2D eigenvalue weighted by Gasteiger charge is -2.26. The number of carbonyl (C=O) groups excluding carboxylic acids is 2. The average molecular weight is 521 g/mol. The number of fused-ring (bicyclic) bond motifs is 1. The summed E-state index contributed by atoms with van der Waals surface area (Å²) in [6.07, 6.45) is 11.0. The van der Waals surface area contributed by atoms with Gasteiger partial charge in [0.15, 0.2) is 6.61 Å². The normalized spacial score (nSPS) is 16.2. The number of rotatable bonds is 8. The molecule has 1 amide bonds. The molecule has 3 N–H and O–H groups in total. The number of allylic oxidation sites excluding steroid dienone is 3. The number of nitrogens with one attached hydrogen (secondary N) is 1. The van der Waals surface area contributed by atoms with Gasteiger partial charge in [-0.1, -0.05) is 57.5 Å². The quantitative estimate of drug-likeness (QED) is 0.245. The molecule has 0 unspecified atom stereocenters. The smallest absolute Gasteiger partial charge is 0.342 e. The van der Waals surface area contributed by atoms with Crippen molar-refractivity contribution in [2.45, 2.75) is 47.0 Å². The van der Waals surface area contributed by atoms with Crippen molar-refractivity contribution in [1.82, 2.24) is 10.4 Å². The third kappa shape index (κ3) is 9.24. The number of phenolic OH excluding ortho intramolecular Hbond substituents is 2. The summed E-state index contributed by atoms with van der Waals surface area (Å²) >= 11 is 6.31. The fraction of sp³-hybridized carbons (Fsp3) is 0.481. The molecule has 36 heavy (non-hydrogen) atoms. The van der Waals surface area contributed by atoms with Gasteiger partial charge in [0.1, 0.15) is 17.1 Å². The zero-order valence-electron chi connectivity index (χ0n) is 21.4. The largest absolute Gasteiger partial charge is 0.507 e. The predicted octanol–water partition coefficient (Wildman–Crippen LogP) is 5.21. The SMILES string of the molecule is CC(C)CN(CC(C)C)C(=O)CON/C1=C\c2c(Cl)c(O)cc(O)c2C(=O)OCCC=CCCC=C1. The number of cyclic esters (lactones) is 1. The van der Waals surface area contributed by atoms with Crippen LogP contribution in [0.1, 0.15) is 62.9 Å². The van der Waals surface area contributed by atoms with Crippen molar-refractivity contribution in [3.63, 3.8) is 0 Å². The summed E-state index contributed by atoms with van der Waals surface area (Å²) in [4.78, 5) is 32.8. The second-order valence-corrected chi connectivity index (χ2v) is 9.85. The zero-order chi connectivity index (χ0) is 26.7. The molecule has 0 aliphatic carbocycles. The monoisotopic (exact) mass is 520 g/mol. The van der Waals surface area contributed by atoms with Crippen LogP contribution in [-0.2, 0) is 14.4 Å². The molecule has 1 aliphatic rings. The van der Waals surface area contributed by atoms with Crippen LogP contribution in [0.3, 0.4) is 0 Å². The van der Waals surface area contributed by atoms with Crippen molar-refractivity contribution in [3.05, 3.63) is 52.2 Å². The second-order valence-electron chi connectivity index (χ2n) is 9.47. The number of amides is 1. The number of esters is 1. The van der Waals surface area contributed by atoms with E-state index >= 15 is 0 Å². The highest BCUT2D eigenvalue weighted by atomic mass is 35.5. The van der Waals surface area contributed by atoms with Gasteiger partial charge in [0.25, 0.3) is 5.91 Å². The molecule has 2 rings (SSSR count). The molecule has 1 aromatic carbocycles. The first-order chi connectivity index (χ1) is 17.1. The van der Waals surface area contributed by atoms with E-state index in [2.05, 4.69) is 33.2 Å². The first kappa shape index (κ1) is 29.3. The number of hydrogen-bond acceptors (Lipinski definition) is 7. The Morgan fingerprint density at radius 3 is 2.39 bits per heavy atom. The van der Waals surface area contributed by atoms with Crippen LogP contribution >= 0.6 is 11.6 Å². The van der Waals surface area contributed by atoms with Crippen LogP contribution in [0.25, 0.3) is 6.08 Å². The minimum absolute atomic E-state index is 0.0649. The number of hydroxylamine groups is 1. The van der Waals surface area contributed by atoms with Gasteiger partial charge in [-0.25, -0.2) is 4.79 Å². The summed E-state index contributed by atoms with van der Waals surface area (Å²) in [5, 5.41) is 20.4. The third-order valence-corrected chi connectivity index (χ3v) is 5.55. The number of carbonyl (C=O) groups is 2. The highest BCUT2D eigenvalue weighted by molar-refractivity contribution is 6.34. The summed E-state index contributed by atoms with van der Waals surface area (Å²) in [6, 6.07) is 0.995. The number of aromatic hydroxyl groups is 2. The minimum Gasteiger partial charge on any atom is -0.507 e. The lowest BCUT2D eigenvalue weighted by Crippen LogP contribution is -2.40. The number of ether oxygens (including phenoxy) is 1. The molecule has 1 aliphatic heterocycles. The zero-order valence-corrected chi connectivity index (χ0v) is 22.2. The van der Waals surface area contributed by atoms with Gasteiger partial charge >= 0.3 is 5.97 Å². The van der Waals surface area contributed by atoms with E-state index in [1.165, 1.54) is 6.08 Å². The number of phenols is 2. The first-order valence-electron chi connectivity index (χ1n) is 12.2. The highest BCUT2D eigenvalue weighted by Gasteiger charge is 2.23. The van der Waals surface area contributed by atoms with E-state index in [0.717, 1.165) is 18.9 Å². The van der Waals surface area contributed by atoms with E-state index < -0.39 is 17.5 Å². The summed E-state index contributed by atoms with van der Waals surface area (Å²) in [6.45, 7) is 9.38. The lowest BCUT2D eigenvalue weighted by molar-refractivity contribution is -0.139. The Bertz CT molecular complexity index is 990. The van der Waals surface area contributed by atoms with Crippen LogP contribution in [-0.4, -0.2) is 53.3 Å². The van der Waals surface area contributed by atoms with Crippen LogP contribution in [0.15, 0.2) is 36.1 Å². The molecular weight excluding hydrogens is 484 g/mol. The van der Waals surface area contributed by atoms with Crippen molar-refractivity contribution in [2.24, 2.45) is 11.8 Å². The standard InChI is InChI=1S/C27H37ClN2O6/c1-18(2)15-30(16-19(3)4)24(33)17-36-29-20-11-9-7-5-6-8-10-12-35-27(34)25-21(13-20)26(28)23(32)14-22(25)31/h6,8-9,11,13-14,18-19,29,31-32H,5,7,10,12,15-17H2,1-4H3/b8-6?,11-9?,20-13-. The van der Waals surface area contributed by atoms with Gasteiger partial charge in [-0.3, -0.25) is 15.1 Å². The van der Waals surface area contributed by atoms with Crippen molar-refractivity contribution in [2.75, 3.05) is 26.3 Å². The van der Waals surface area contributed by atoms with E-state index in [9.17, 15) is 19.8 Å². The Balaban J connectivity index is 2.33. The van der Waals surface area contributed by atoms with Gasteiger partial charge in [0, 0.05) is 24.7 Å². The van der Waals surface area contributed by atoms with Gasteiger partial charge in [-0.2, -0.15) is 0 Å². The topological polar surface area (TPSA) is 108 Å². The molecular formula is C27H37ClN2O6. The third-order valence-electron chi connectivity index (χ3n) is 5.16. The molecule has 0 radical (unpaired) electrons. The molecule has 0 aromatic heterocycles. The Morgan fingerprint density at radius 2 is 1.72 bits per heavy atom. The number of nitrogens with zero attached hydrogens (tertiary/aromatic N) is 1. The van der Waals surface area contributed by atoms with Crippen LogP contribution < -0.4 is 5.48 Å². The van der Waals surface area contributed by atoms with Crippen LogP contribution in [0.2, 0.25) is 5.02 Å². The van der Waals surface area contributed by atoms with Crippen LogP contribution in [0, 0.1) is 11.8 Å². The molecule has 0 bridgehead atoms. The maximum absolute atomic E-state index is 12.8. The van der Waals surface area contributed by atoms with E-state index in [0.29, 0.717) is 37.0 Å². The van der Waals surface area contributed by atoms with Gasteiger partial charge in [0.2, 0.25) is 0 Å². The highest BCUT2D eigenvalue weighted by Crippen LogP contribution is 2.38. The van der Waals surface area contributed by atoms with E-state index in [4.69, 9.17) is 21.2 Å². The molecule has 1 heterocycles. The molecule has 0 spiro atoms. The molecule has 0 saturated carbocycles. The second kappa shape index (κ2) is 14.6. The number of benzene rings is 1. The van der Waals surface area contributed by atoms with Gasteiger partial charge in [0.05, 0.1) is 17.3 Å². The fourth-order valence-electron chi connectivity index (χ4n) is 3.63. The fourth-order valence-corrected chi connectivity index (χ4v) is 3.83. The summed E-state index contributed by atoms with van der Waals surface area (Å²) in [7, 11) is 0. The van der Waals surface area contributed by atoms with Crippen molar-refractivity contribution >= 4 is 29.6 Å². The molecule has 0 fully saturated rings. The van der Waals surface area contributed by atoms with E-state index in [1.807, 2.05) is 18.2 Å². The Morgan fingerprint density at radius 1 is 1.08 bits per heavy atom. The summed E-state index contributed by atoms with van der Waals surface area (Å²) in [5.41, 5.74) is 3.00. The molecule has 8 nitrogen and oxygen atoms in total. The first-order valence-corrected chi connectivity index (χ1v) is 12.6. The maximum atomic E-state index is 12.8. The van der Waals surface area contributed by atoms with Crippen molar-refractivity contribution < 1.29 is 29.4 Å². The summed E-state index contributed by atoms with van der Waals surface area (Å²) in [5.74, 6) is -1.15. The summed E-state index contributed by atoms with van der Waals surface area (Å²) < 4.78 is 5.29. The maximum Gasteiger partial charge on any atom is 0.342 e. The van der Waals surface area contributed by atoms with E-state index in [1.54, 1.807) is 11.0 Å². The van der Waals surface area contributed by atoms with Gasteiger partial charge < -0.3 is 19.8 Å². The molecule has 0 saturated heterocycles. The van der Waals surface area contributed by atoms with Crippen molar-refractivity contribution in [3.8, 4) is 11.5 Å². The molecule has 9 heteroatoms. The van der Waals surface area contributed by atoms with Gasteiger partial charge in [-0.05, 0) is 43.3 Å². The van der Waals surface area contributed by atoms with Crippen molar-refractivity contribution in [1.29, 1.82) is 0 Å². The molecule has 1 aromatic rings. The Hall–Kier alpha value is -2.97. The molecule has 198 valence electrons. The van der Waals surface area contributed by atoms with Crippen LogP contribution in [0.4, 0.5) is 0 Å². The average Bonchev–Trinajstić information content (AvgIpc) is 2.79.